The molecule has 2 aromatic rings. The zero-order valence-electron chi connectivity index (χ0n) is 12.8. The molecule has 0 atom stereocenters. The number of nitrogen functional groups attached to an aromatic ring is 1. The van der Waals surface area contributed by atoms with E-state index < -0.39 is 0 Å². The third kappa shape index (κ3) is 3.83. The Morgan fingerprint density at radius 3 is 2.30 bits per heavy atom. The van der Waals surface area contributed by atoms with Gasteiger partial charge in [-0.3, -0.25) is 0 Å². The van der Waals surface area contributed by atoms with Gasteiger partial charge in [0, 0.05) is 17.0 Å². The summed E-state index contributed by atoms with van der Waals surface area (Å²) in [5.74, 6) is 1.21. The Morgan fingerprint density at radius 1 is 1.10 bits per heavy atom. The number of nitrogens with two attached hydrogens (primary N) is 1. The van der Waals surface area contributed by atoms with Crippen LogP contribution in [-0.4, -0.2) is 4.98 Å². The van der Waals surface area contributed by atoms with Crippen molar-refractivity contribution in [1.82, 2.24) is 4.98 Å². The molecule has 0 bridgehead atoms. The molecule has 0 fully saturated rings. The average Bonchev–Trinajstić information content (AvgIpc) is 2.74. The van der Waals surface area contributed by atoms with E-state index in [2.05, 4.69) is 39.8 Å². The Bertz CT molecular complexity index is 553. The van der Waals surface area contributed by atoms with Gasteiger partial charge in [-0.15, -0.1) is 11.3 Å². The second kappa shape index (κ2) is 6.40. The van der Waals surface area contributed by atoms with Crippen LogP contribution < -0.4 is 5.73 Å². The van der Waals surface area contributed by atoms with Crippen LogP contribution in [0.5, 0.6) is 0 Å². The van der Waals surface area contributed by atoms with Crippen LogP contribution in [0.2, 0.25) is 0 Å². The lowest BCUT2D eigenvalue weighted by atomic mass is 10.0. The van der Waals surface area contributed by atoms with Gasteiger partial charge in [0.25, 0.3) is 0 Å². The van der Waals surface area contributed by atoms with Crippen molar-refractivity contribution < 1.29 is 0 Å². The number of hydrogen-bond acceptors (Lipinski definition) is 3. The number of hydrogen-bond donors (Lipinski definition) is 1. The Hall–Kier alpha value is -1.35. The van der Waals surface area contributed by atoms with E-state index >= 15 is 0 Å². The summed E-state index contributed by atoms with van der Waals surface area (Å²) >= 11 is 1.87. The van der Waals surface area contributed by atoms with Crippen LogP contribution in [0, 0.1) is 5.92 Å². The highest BCUT2D eigenvalue weighted by Crippen LogP contribution is 2.29. The summed E-state index contributed by atoms with van der Waals surface area (Å²) in [6.45, 7) is 9.01. The third-order valence-electron chi connectivity index (χ3n) is 3.23. The number of benzene rings is 1. The fourth-order valence-electron chi connectivity index (χ4n) is 2.28. The van der Waals surface area contributed by atoms with Crippen LogP contribution in [-0.2, 0) is 12.8 Å². The highest BCUT2D eigenvalue weighted by atomic mass is 32.1. The van der Waals surface area contributed by atoms with Crippen molar-refractivity contribution in [2.45, 2.75) is 46.5 Å². The maximum atomic E-state index is 5.73. The Labute approximate surface area is 126 Å². The lowest BCUT2D eigenvalue weighted by Gasteiger charge is -2.06. The Kier molecular flexibility index (Phi) is 4.81. The SMILES string of the molecule is CC(C)Cc1nc(Cc2ccc(N)cc2)sc1C(C)C. The van der Waals surface area contributed by atoms with Gasteiger partial charge in [-0.1, -0.05) is 39.8 Å². The predicted octanol–water partition coefficient (Wildman–Crippen LogP) is 4.64. The molecule has 2 nitrogen and oxygen atoms in total. The molecule has 3 heteroatoms. The van der Waals surface area contributed by atoms with E-state index in [1.165, 1.54) is 21.1 Å². The molecule has 0 saturated heterocycles. The number of nitrogens with zero attached hydrogens (tertiary/aromatic N) is 1. The van der Waals surface area contributed by atoms with E-state index in [4.69, 9.17) is 10.7 Å². The zero-order valence-corrected chi connectivity index (χ0v) is 13.6. The molecule has 2 rings (SSSR count). The normalized spacial score (nSPS) is 11.5. The minimum absolute atomic E-state index is 0.557. The first-order valence-corrected chi connectivity index (χ1v) is 8.10. The lowest BCUT2D eigenvalue weighted by Crippen LogP contribution is -1.99. The molecule has 2 N–H and O–H groups in total. The van der Waals surface area contributed by atoms with E-state index in [9.17, 15) is 0 Å². The monoisotopic (exact) mass is 288 g/mol. The summed E-state index contributed by atoms with van der Waals surface area (Å²) in [6, 6.07) is 8.10. The molecule has 0 spiro atoms. The molecule has 1 aromatic heterocycles. The van der Waals surface area contributed by atoms with Crippen molar-refractivity contribution in [2.24, 2.45) is 5.92 Å². The van der Waals surface area contributed by atoms with Crippen molar-refractivity contribution >= 4 is 17.0 Å². The lowest BCUT2D eigenvalue weighted by molar-refractivity contribution is 0.629. The van der Waals surface area contributed by atoms with Gasteiger partial charge in [0.1, 0.15) is 0 Å². The molecule has 20 heavy (non-hydrogen) atoms. The molecule has 108 valence electrons. The number of anilines is 1. The molecular weight excluding hydrogens is 264 g/mol. The molecule has 1 heterocycles. The van der Waals surface area contributed by atoms with E-state index in [1.807, 2.05) is 23.5 Å². The summed E-state index contributed by atoms with van der Waals surface area (Å²) in [7, 11) is 0. The first-order chi connectivity index (χ1) is 9.45. The third-order valence-corrected chi connectivity index (χ3v) is 4.63. The van der Waals surface area contributed by atoms with E-state index in [-0.39, 0.29) is 0 Å². The van der Waals surface area contributed by atoms with Gasteiger partial charge in [0.2, 0.25) is 0 Å². The number of rotatable bonds is 5. The van der Waals surface area contributed by atoms with Crippen LogP contribution in [0.1, 0.15) is 54.8 Å². The summed E-state index contributed by atoms with van der Waals surface area (Å²) in [4.78, 5) is 6.32. The minimum atomic E-state index is 0.557. The summed E-state index contributed by atoms with van der Waals surface area (Å²) in [5.41, 5.74) is 9.12. The van der Waals surface area contributed by atoms with Crippen LogP contribution in [0.15, 0.2) is 24.3 Å². The van der Waals surface area contributed by atoms with E-state index in [0.717, 1.165) is 18.5 Å². The molecule has 0 unspecified atom stereocenters. The smallest absolute Gasteiger partial charge is 0.0975 e. The fraction of sp³-hybridized carbons (Fsp3) is 0.471. The summed E-state index contributed by atoms with van der Waals surface area (Å²) < 4.78 is 0. The minimum Gasteiger partial charge on any atom is -0.399 e. The maximum Gasteiger partial charge on any atom is 0.0975 e. The van der Waals surface area contributed by atoms with Gasteiger partial charge in [-0.2, -0.15) is 0 Å². The van der Waals surface area contributed by atoms with E-state index in [1.54, 1.807) is 0 Å². The quantitative estimate of drug-likeness (QED) is 0.814. The van der Waals surface area contributed by atoms with Crippen molar-refractivity contribution in [3.05, 3.63) is 45.4 Å². The number of aromatic nitrogens is 1. The van der Waals surface area contributed by atoms with Crippen molar-refractivity contribution in [2.75, 3.05) is 5.73 Å². The van der Waals surface area contributed by atoms with Crippen LogP contribution >= 0.6 is 11.3 Å². The topological polar surface area (TPSA) is 38.9 Å². The van der Waals surface area contributed by atoms with Crippen molar-refractivity contribution in [1.29, 1.82) is 0 Å². The first kappa shape index (κ1) is 15.0. The molecule has 0 saturated carbocycles. The van der Waals surface area contributed by atoms with Crippen molar-refractivity contribution in [3.63, 3.8) is 0 Å². The molecule has 0 aliphatic carbocycles. The van der Waals surface area contributed by atoms with Gasteiger partial charge < -0.3 is 5.73 Å². The van der Waals surface area contributed by atoms with Gasteiger partial charge in [0.05, 0.1) is 10.7 Å². The van der Waals surface area contributed by atoms with Crippen molar-refractivity contribution in [3.8, 4) is 0 Å². The molecule has 0 radical (unpaired) electrons. The predicted molar refractivity (Wildman–Crippen MR) is 88.4 cm³/mol. The highest BCUT2D eigenvalue weighted by molar-refractivity contribution is 7.11. The Balaban J connectivity index is 2.21. The average molecular weight is 288 g/mol. The van der Waals surface area contributed by atoms with Gasteiger partial charge in [-0.25, -0.2) is 4.98 Å². The van der Waals surface area contributed by atoms with Gasteiger partial charge in [0.15, 0.2) is 0 Å². The van der Waals surface area contributed by atoms with Crippen LogP contribution in [0.3, 0.4) is 0 Å². The second-order valence-corrected chi connectivity index (χ2v) is 7.20. The molecule has 1 aromatic carbocycles. The van der Waals surface area contributed by atoms with Gasteiger partial charge >= 0.3 is 0 Å². The van der Waals surface area contributed by atoms with E-state index in [0.29, 0.717) is 11.8 Å². The summed E-state index contributed by atoms with van der Waals surface area (Å²) in [6.07, 6.45) is 1.98. The maximum absolute atomic E-state index is 5.73. The van der Waals surface area contributed by atoms with Crippen LogP contribution in [0.25, 0.3) is 0 Å². The first-order valence-electron chi connectivity index (χ1n) is 7.28. The summed E-state index contributed by atoms with van der Waals surface area (Å²) in [5, 5.41) is 1.22. The second-order valence-electron chi connectivity index (χ2n) is 6.09. The zero-order chi connectivity index (χ0) is 14.7. The van der Waals surface area contributed by atoms with Gasteiger partial charge in [-0.05, 0) is 36.0 Å². The largest absolute Gasteiger partial charge is 0.399 e. The standard InChI is InChI=1S/C17H24N2S/c1-11(2)9-15-17(12(3)4)20-16(19-15)10-13-5-7-14(18)8-6-13/h5-8,11-12H,9-10,18H2,1-4H3. The number of thiazole rings is 1. The molecule has 0 aliphatic heterocycles. The molecule has 0 aliphatic rings. The molecule has 0 amide bonds. The molecular formula is C17H24N2S. The van der Waals surface area contributed by atoms with Crippen LogP contribution in [0.4, 0.5) is 5.69 Å². The Morgan fingerprint density at radius 2 is 1.75 bits per heavy atom. The fourth-order valence-corrected chi connectivity index (χ4v) is 3.42. The highest BCUT2D eigenvalue weighted by Gasteiger charge is 2.15.